The molecular formula is C18H28N2. The van der Waals surface area contributed by atoms with Gasteiger partial charge in [-0.25, -0.2) is 4.98 Å². The number of imidazole rings is 1. The van der Waals surface area contributed by atoms with Crippen LogP contribution < -0.4 is 0 Å². The maximum atomic E-state index is 4.86. The first-order chi connectivity index (χ1) is 9.54. The van der Waals surface area contributed by atoms with Gasteiger partial charge in [0.25, 0.3) is 0 Å². The molecule has 0 spiro atoms. The van der Waals surface area contributed by atoms with E-state index < -0.39 is 0 Å². The van der Waals surface area contributed by atoms with E-state index in [0.29, 0.717) is 0 Å². The van der Waals surface area contributed by atoms with Crippen LogP contribution in [0.3, 0.4) is 0 Å². The molecule has 0 saturated heterocycles. The predicted molar refractivity (Wildman–Crippen MR) is 87.2 cm³/mol. The predicted octanol–water partition coefficient (Wildman–Crippen LogP) is 5.30. The molecule has 0 bridgehead atoms. The Bertz CT molecular complexity index is 546. The standard InChI is InChI=1S/C18H28N2/c1-5-6-7-8-11-14-20-16-13-10-9-12-15(16)19-17(20)18(2,3)4/h9-10,12-13H,5-8,11,14H2,1-4H3. The topological polar surface area (TPSA) is 17.8 Å². The minimum absolute atomic E-state index is 0.0996. The molecule has 0 aliphatic rings. The summed E-state index contributed by atoms with van der Waals surface area (Å²) in [7, 11) is 0. The Morgan fingerprint density at radius 2 is 1.70 bits per heavy atom. The molecular weight excluding hydrogens is 244 g/mol. The monoisotopic (exact) mass is 272 g/mol. The minimum atomic E-state index is 0.0996. The fourth-order valence-electron chi connectivity index (χ4n) is 2.75. The van der Waals surface area contributed by atoms with Gasteiger partial charge in [-0.05, 0) is 18.6 Å². The Balaban J connectivity index is 2.20. The van der Waals surface area contributed by atoms with Crippen LogP contribution in [0.4, 0.5) is 0 Å². The third kappa shape index (κ3) is 3.41. The first kappa shape index (κ1) is 15.1. The minimum Gasteiger partial charge on any atom is -0.328 e. The van der Waals surface area contributed by atoms with E-state index in [4.69, 9.17) is 4.98 Å². The van der Waals surface area contributed by atoms with Crippen LogP contribution in [0, 0.1) is 0 Å². The quantitative estimate of drug-likeness (QED) is 0.652. The summed E-state index contributed by atoms with van der Waals surface area (Å²) in [4.78, 5) is 4.86. The van der Waals surface area contributed by atoms with Gasteiger partial charge >= 0.3 is 0 Å². The normalized spacial score (nSPS) is 12.2. The molecule has 2 aromatic rings. The molecule has 0 amide bonds. The second-order valence-corrected chi connectivity index (χ2v) is 6.74. The molecule has 0 radical (unpaired) electrons. The second kappa shape index (κ2) is 6.43. The highest BCUT2D eigenvalue weighted by Gasteiger charge is 2.22. The molecule has 0 unspecified atom stereocenters. The van der Waals surface area contributed by atoms with E-state index in [9.17, 15) is 0 Å². The number of hydrogen-bond donors (Lipinski definition) is 0. The summed E-state index contributed by atoms with van der Waals surface area (Å²) in [6.07, 6.45) is 6.60. The van der Waals surface area contributed by atoms with E-state index in [2.05, 4.69) is 56.5 Å². The fourth-order valence-corrected chi connectivity index (χ4v) is 2.75. The Morgan fingerprint density at radius 3 is 2.40 bits per heavy atom. The molecule has 2 nitrogen and oxygen atoms in total. The van der Waals surface area contributed by atoms with E-state index in [-0.39, 0.29) is 5.41 Å². The summed E-state index contributed by atoms with van der Waals surface area (Å²) in [5.74, 6) is 1.22. The number of nitrogens with zero attached hydrogens (tertiary/aromatic N) is 2. The largest absolute Gasteiger partial charge is 0.328 e. The van der Waals surface area contributed by atoms with Crippen molar-refractivity contribution in [3.8, 4) is 0 Å². The molecule has 1 aromatic heterocycles. The third-order valence-corrected chi connectivity index (χ3v) is 3.81. The van der Waals surface area contributed by atoms with Crippen molar-refractivity contribution in [1.82, 2.24) is 9.55 Å². The molecule has 0 aliphatic carbocycles. The Labute approximate surface area is 123 Å². The van der Waals surface area contributed by atoms with Crippen molar-refractivity contribution in [2.45, 2.75) is 71.8 Å². The Hall–Kier alpha value is -1.31. The van der Waals surface area contributed by atoms with Gasteiger partial charge in [0.15, 0.2) is 0 Å². The van der Waals surface area contributed by atoms with Crippen molar-refractivity contribution < 1.29 is 0 Å². The summed E-state index contributed by atoms with van der Waals surface area (Å²) < 4.78 is 2.43. The van der Waals surface area contributed by atoms with Crippen LogP contribution in [0.5, 0.6) is 0 Å². The van der Waals surface area contributed by atoms with Crippen LogP contribution in [0.1, 0.15) is 65.6 Å². The van der Waals surface area contributed by atoms with E-state index in [1.807, 2.05) is 0 Å². The zero-order valence-electron chi connectivity index (χ0n) is 13.4. The highest BCUT2D eigenvalue weighted by Crippen LogP contribution is 2.26. The summed E-state index contributed by atoms with van der Waals surface area (Å²) in [6, 6.07) is 8.51. The molecule has 20 heavy (non-hydrogen) atoms. The molecule has 0 N–H and O–H groups in total. The molecule has 2 heteroatoms. The zero-order chi connectivity index (χ0) is 14.6. The van der Waals surface area contributed by atoms with Gasteiger partial charge in [0.05, 0.1) is 11.0 Å². The van der Waals surface area contributed by atoms with E-state index >= 15 is 0 Å². The van der Waals surface area contributed by atoms with Crippen LogP contribution in [0.2, 0.25) is 0 Å². The Morgan fingerprint density at radius 1 is 1.00 bits per heavy atom. The molecule has 0 saturated carbocycles. The van der Waals surface area contributed by atoms with Gasteiger partial charge < -0.3 is 4.57 Å². The average molecular weight is 272 g/mol. The lowest BCUT2D eigenvalue weighted by molar-refractivity contribution is 0.486. The molecule has 0 fully saturated rings. The number of para-hydroxylation sites is 2. The van der Waals surface area contributed by atoms with Crippen molar-refractivity contribution in [2.24, 2.45) is 0 Å². The summed E-state index contributed by atoms with van der Waals surface area (Å²) in [5, 5.41) is 0. The Kier molecular flexibility index (Phi) is 4.85. The molecule has 1 aromatic carbocycles. The van der Waals surface area contributed by atoms with Crippen molar-refractivity contribution >= 4 is 11.0 Å². The highest BCUT2D eigenvalue weighted by atomic mass is 15.1. The first-order valence-electron chi connectivity index (χ1n) is 8.00. The van der Waals surface area contributed by atoms with E-state index in [1.54, 1.807) is 0 Å². The lowest BCUT2D eigenvalue weighted by Crippen LogP contribution is -2.19. The van der Waals surface area contributed by atoms with Gasteiger partial charge in [0.2, 0.25) is 0 Å². The first-order valence-corrected chi connectivity index (χ1v) is 8.00. The maximum Gasteiger partial charge on any atom is 0.115 e. The molecule has 110 valence electrons. The molecule has 2 rings (SSSR count). The third-order valence-electron chi connectivity index (χ3n) is 3.81. The van der Waals surface area contributed by atoms with Gasteiger partial charge in [-0.1, -0.05) is 65.5 Å². The number of hydrogen-bond acceptors (Lipinski definition) is 1. The maximum absolute atomic E-state index is 4.86. The SMILES string of the molecule is CCCCCCCn1c(C(C)(C)C)nc2ccccc21. The van der Waals surface area contributed by atoms with Crippen molar-refractivity contribution in [1.29, 1.82) is 0 Å². The van der Waals surface area contributed by atoms with Crippen LogP contribution in [-0.2, 0) is 12.0 Å². The molecule has 1 heterocycles. The summed E-state index contributed by atoms with van der Waals surface area (Å²) >= 11 is 0. The van der Waals surface area contributed by atoms with Gasteiger partial charge in [-0.2, -0.15) is 0 Å². The summed E-state index contributed by atoms with van der Waals surface area (Å²) in [5.41, 5.74) is 2.52. The second-order valence-electron chi connectivity index (χ2n) is 6.74. The summed E-state index contributed by atoms with van der Waals surface area (Å²) in [6.45, 7) is 10.1. The van der Waals surface area contributed by atoms with Crippen LogP contribution in [0.15, 0.2) is 24.3 Å². The van der Waals surface area contributed by atoms with Crippen molar-refractivity contribution in [3.05, 3.63) is 30.1 Å². The van der Waals surface area contributed by atoms with Crippen LogP contribution in [0.25, 0.3) is 11.0 Å². The number of rotatable bonds is 6. The number of fused-ring (bicyclic) bond motifs is 1. The number of aryl methyl sites for hydroxylation is 1. The number of unbranched alkanes of at least 4 members (excludes halogenated alkanes) is 4. The van der Waals surface area contributed by atoms with Gasteiger partial charge in [0, 0.05) is 12.0 Å². The van der Waals surface area contributed by atoms with Gasteiger partial charge in [-0.15, -0.1) is 0 Å². The van der Waals surface area contributed by atoms with E-state index in [1.165, 1.54) is 43.4 Å². The molecule has 0 aliphatic heterocycles. The van der Waals surface area contributed by atoms with Crippen molar-refractivity contribution in [3.63, 3.8) is 0 Å². The number of aromatic nitrogens is 2. The van der Waals surface area contributed by atoms with Crippen LogP contribution in [-0.4, -0.2) is 9.55 Å². The molecule has 0 atom stereocenters. The average Bonchev–Trinajstić information content (AvgIpc) is 2.78. The van der Waals surface area contributed by atoms with Crippen LogP contribution >= 0.6 is 0 Å². The van der Waals surface area contributed by atoms with Gasteiger partial charge in [-0.3, -0.25) is 0 Å². The number of benzene rings is 1. The van der Waals surface area contributed by atoms with E-state index in [0.717, 1.165) is 12.1 Å². The fraction of sp³-hybridized carbons (Fsp3) is 0.611. The highest BCUT2D eigenvalue weighted by molar-refractivity contribution is 5.76. The van der Waals surface area contributed by atoms with Crippen molar-refractivity contribution in [2.75, 3.05) is 0 Å². The lowest BCUT2D eigenvalue weighted by Gasteiger charge is -2.20. The lowest BCUT2D eigenvalue weighted by atomic mass is 9.95. The smallest absolute Gasteiger partial charge is 0.115 e. The zero-order valence-corrected chi connectivity index (χ0v) is 13.4. The van der Waals surface area contributed by atoms with Gasteiger partial charge in [0.1, 0.15) is 5.82 Å².